The van der Waals surface area contributed by atoms with E-state index in [9.17, 15) is 14.4 Å². The second-order valence-electron chi connectivity index (χ2n) is 9.69. The molecule has 0 N–H and O–H groups in total. The van der Waals surface area contributed by atoms with Gasteiger partial charge in [-0.1, -0.05) is 36.4 Å². The maximum absolute atomic E-state index is 13.6. The maximum Gasteiger partial charge on any atom is 0.254 e. The molecule has 0 saturated carbocycles. The molecule has 2 aromatic carbocycles. The first-order valence-corrected chi connectivity index (χ1v) is 12.5. The summed E-state index contributed by atoms with van der Waals surface area (Å²) in [5.74, 6) is -0.0556. The molecule has 0 bridgehead atoms. The second kappa shape index (κ2) is 9.54. The molecule has 6 heteroatoms. The van der Waals surface area contributed by atoms with Crippen LogP contribution in [-0.4, -0.2) is 71.2 Å². The van der Waals surface area contributed by atoms with Crippen LogP contribution in [-0.2, 0) is 9.59 Å². The molecule has 0 aliphatic carbocycles. The van der Waals surface area contributed by atoms with E-state index in [-0.39, 0.29) is 29.7 Å². The highest BCUT2D eigenvalue weighted by Crippen LogP contribution is 2.28. The van der Waals surface area contributed by atoms with Gasteiger partial charge in [-0.05, 0) is 61.8 Å². The zero-order chi connectivity index (χ0) is 22.8. The van der Waals surface area contributed by atoms with E-state index in [1.807, 2.05) is 57.2 Å². The Morgan fingerprint density at radius 3 is 2.27 bits per heavy atom. The molecule has 3 aliphatic rings. The molecule has 0 spiro atoms. The predicted molar refractivity (Wildman–Crippen MR) is 128 cm³/mol. The Bertz CT molecular complexity index is 1040. The van der Waals surface area contributed by atoms with Gasteiger partial charge in [-0.15, -0.1) is 0 Å². The summed E-state index contributed by atoms with van der Waals surface area (Å²) in [4.78, 5) is 45.8. The molecule has 0 aromatic heterocycles. The fraction of sp³-hybridized carbons (Fsp3) is 0.519. The lowest BCUT2D eigenvalue weighted by atomic mass is 9.92. The van der Waals surface area contributed by atoms with Gasteiger partial charge in [0.05, 0.1) is 5.92 Å². The summed E-state index contributed by atoms with van der Waals surface area (Å²) in [6.07, 6.45) is 6.39. The average molecular weight is 448 g/mol. The lowest BCUT2D eigenvalue weighted by molar-refractivity contribution is -0.150. The Balaban J connectivity index is 1.31. The number of hydrogen-bond acceptors (Lipinski definition) is 3. The third-order valence-electron chi connectivity index (χ3n) is 7.57. The smallest absolute Gasteiger partial charge is 0.254 e. The maximum atomic E-state index is 13.6. The van der Waals surface area contributed by atoms with Crippen molar-refractivity contribution < 1.29 is 14.4 Å². The van der Waals surface area contributed by atoms with Crippen LogP contribution in [0.2, 0.25) is 0 Å². The number of nitrogens with zero attached hydrogens (tertiary/aromatic N) is 3. The SMILES string of the molecule is O=C(c1cccc2ccccc12)N1CCCC(C(=O)N2CCCCC2C(=O)N2CCCC2)C1. The summed E-state index contributed by atoms with van der Waals surface area (Å²) < 4.78 is 0. The summed E-state index contributed by atoms with van der Waals surface area (Å²) in [5.41, 5.74) is 0.696. The molecule has 3 aliphatic heterocycles. The summed E-state index contributed by atoms with van der Waals surface area (Å²) in [6, 6.07) is 13.4. The second-order valence-corrected chi connectivity index (χ2v) is 9.69. The molecule has 2 aromatic rings. The van der Waals surface area contributed by atoms with Crippen molar-refractivity contribution in [2.45, 2.75) is 51.0 Å². The number of fused-ring (bicyclic) bond motifs is 1. The normalized spacial score (nSPS) is 23.7. The lowest BCUT2D eigenvalue weighted by Crippen LogP contribution is -2.56. The number of piperidine rings is 2. The van der Waals surface area contributed by atoms with E-state index in [1.165, 1.54) is 0 Å². The largest absolute Gasteiger partial charge is 0.341 e. The van der Waals surface area contributed by atoms with Crippen LogP contribution in [0.25, 0.3) is 10.8 Å². The van der Waals surface area contributed by atoms with Gasteiger partial charge >= 0.3 is 0 Å². The standard InChI is InChI=1S/C27H33N3O3/c31-25(30-18-4-3-14-24(30)27(33)28-15-5-6-16-28)21-11-8-17-29(19-21)26(32)23-13-7-10-20-9-1-2-12-22(20)23/h1-2,7,9-10,12-13,21,24H,3-6,8,11,14-19H2. The van der Waals surface area contributed by atoms with Crippen LogP contribution in [0.15, 0.2) is 42.5 Å². The van der Waals surface area contributed by atoms with Crippen molar-refractivity contribution in [1.82, 2.24) is 14.7 Å². The Hall–Kier alpha value is -2.89. The number of benzene rings is 2. The van der Waals surface area contributed by atoms with Crippen LogP contribution < -0.4 is 0 Å². The number of carbonyl (C=O) groups excluding carboxylic acids is 3. The van der Waals surface area contributed by atoms with Gasteiger partial charge < -0.3 is 14.7 Å². The molecule has 0 radical (unpaired) electrons. The highest BCUT2D eigenvalue weighted by atomic mass is 16.2. The molecule has 5 rings (SSSR count). The van der Waals surface area contributed by atoms with Crippen LogP contribution in [0, 0.1) is 5.92 Å². The third kappa shape index (κ3) is 4.35. The predicted octanol–water partition coefficient (Wildman–Crippen LogP) is 3.70. The van der Waals surface area contributed by atoms with Crippen LogP contribution >= 0.6 is 0 Å². The van der Waals surface area contributed by atoms with Crippen LogP contribution in [0.5, 0.6) is 0 Å². The fourth-order valence-electron chi connectivity index (χ4n) is 5.78. The number of rotatable bonds is 3. The zero-order valence-electron chi connectivity index (χ0n) is 19.2. The fourth-order valence-corrected chi connectivity index (χ4v) is 5.78. The molecular formula is C27H33N3O3. The average Bonchev–Trinajstić information content (AvgIpc) is 3.42. The van der Waals surface area contributed by atoms with Crippen molar-refractivity contribution in [3.05, 3.63) is 48.0 Å². The van der Waals surface area contributed by atoms with Crippen LogP contribution in [0.4, 0.5) is 0 Å². The molecular weight excluding hydrogens is 414 g/mol. The van der Waals surface area contributed by atoms with Crippen molar-refractivity contribution in [2.24, 2.45) is 5.92 Å². The molecule has 2 unspecified atom stereocenters. The minimum absolute atomic E-state index is 0.00682. The first-order valence-electron chi connectivity index (χ1n) is 12.5. The monoisotopic (exact) mass is 447 g/mol. The molecule has 3 saturated heterocycles. The molecule has 3 fully saturated rings. The van der Waals surface area contributed by atoms with Gasteiger partial charge in [0.25, 0.3) is 5.91 Å². The molecule has 2 atom stereocenters. The Morgan fingerprint density at radius 2 is 1.42 bits per heavy atom. The van der Waals surface area contributed by atoms with E-state index in [2.05, 4.69) is 0 Å². The first kappa shape index (κ1) is 21.9. The first-order chi connectivity index (χ1) is 16.1. The minimum atomic E-state index is -0.325. The van der Waals surface area contributed by atoms with Crippen LogP contribution in [0.1, 0.15) is 55.3 Å². The van der Waals surface area contributed by atoms with Crippen molar-refractivity contribution in [3.63, 3.8) is 0 Å². The highest BCUT2D eigenvalue weighted by molar-refractivity contribution is 6.07. The van der Waals surface area contributed by atoms with Gasteiger partial charge in [-0.2, -0.15) is 0 Å². The third-order valence-corrected chi connectivity index (χ3v) is 7.57. The van der Waals surface area contributed by atoms with E-state index in [0.717, 1.165) is 68.8 Å². The van der Waals surface area contributed by atoms with Gasteiger partial charge in [-0.25, -0.2) is 0 Å². The Morgan fingerprint density at radius 1 is 0.697 bits per heavy atom. The summed E-state index contributed by atoms with van der Waals surface area (Å²) in [5, 5.41) is 2.00. The van der Waals surface area contributed by atoms with Crippen molar-refractivity contribution in [3.8, 4) is 0 Å². The van der Waals surface area contributed by atoms with E-state index < -0.39 is 0 Å². The van der Waals surface area contributed by atoms with E-state index in [1.54, 1.807) is 0 Å². The molecule has 3 amide bonds. The van der Waals surface area contributed by atoms with Crippen molar-refractivity contribution in [2.75, 3.05) is 32.7 Å². The van der Waals surface area contributed by atoms with Gasteiger partial charge in [0.15, 0.2) is 0 Å². The summed E-state index contributed by atoms with van der Waals surface area (Å²) in [6.45, 7) is 3.38. The summed E-state index contributed by atoms with van der Waals surface area (Å²) >= 11 is 0. The Kier molecular flexibility index (Phi) is 6.34. The minimum Gasteiger partial charge on any atom is -0.341 e. The zero-order valence-corrected chi connectivity index (χ0v) is 19.2. The number of likely N-dealkylation sites (tertiary alicyclic amines) is 3. The van der Waals surface area contributed by atoms with Crippen molar-refractivity contribution in [1.29, 1.82) is 0 Å². The number of hydrogen-bond donors (Lipinski definition) is 0. The molecule has 33 heavy (non-hydrogen) atoms. The van der Waals surface area contributed by atoms with E-state index in [0.29, 0.717) is 25.2 Å². The lowest BCUT2D eigenvalue weighted by Gasteiger charge is -2.40. The van der Waals surface area contributed by atoms with E-state index >= 15 is 0 Å². The molecule has 6 nitrogen and oxygen atoms in total. The van der Waals surface area contributed by atoms with Gasteiger partial charge in [0.2, 0.25) is 11.8 Å². The number of amides is 3. The summed E-state index contributed by atoms with van der Waals surface area (Å²) in [7, 11) is 0. The molecule has 3 heterocycles. The number of carbonyl (C=O) groups is 3. The van der Waals surface area contributed by atoms with Crippen LogP contribution in [0.3, 0.4) is 0 Å². The van der Waals surface area contributed by atoms with Crippen molar-refractivity contribution >= 4 is 28.5 Å². The van der Waals surface area contributed by atoms with E-state index in [4.69, 9.17) is 0 Å². The highest BCUT2D eigenvalue weighted by Gasteiger charge is 2.39. The Labute approximate surface area is 195 Å². The quantitative estimate of drug-likeness (QED) is 0.721. The van der Waals surface area contributed by atoms with Gasteiger partial charge in [0, 0.05) is 38.3 Å². The van der Waals surface area contributed by atoms with Gasteiger partial charge in [-0.3, -0.25) is 14.4 Å². The molecule has 174 valence electrons. The van der Waals surface area contributed by atoms with Gasteiger partial charge in [0.1, 0.15) is 6.04 Å². The topological polar surface area (TPSA) is 60.9 Å².